The molecular weight excluding hydrogens is 440 g/mol. The average Bonchev–Trinajstić information content (AvgIpc) is 2.76. The summed E-state index contributed by atoms with van der Waals surface area (Å²) in [5.74, 6) is -0.614. The molecule has 0 bridgehead atoms. The number of carboxylic acid groups (broad SMARTS) is 1. The predicted molar refractivity (Wildman–Crippen MR) is 135 cm³/mol. The van der Waals surface area contributed by atoms with Gasteiger partial charge < -0.3 is 20.4 Å². The smallest absolute Gasteiger partial charge is 0.314 e. The first-order valence-corrected chi connectivity index (χ1v) is 14.0. The standard InChI is InChI=1S/C30H48O5/c1-25(2)11-12-26(3)13-14-30(24(34)35)18(19(26)15-25)7-8-21-27(4)10-9-22(33)28(5,17-31)23(27)20(32)16-29(21,30)6/h7,19-23,31-33H,8-17H2,1-6H3,(H,34,35)/t19?,20-,21?,22+,23?,26-,27-,28+,29-,30-/m1/s1. The minimum absolute atomic E-state index is 0.0857. The molecule has 0 aromatic heterocycles. The first-order valence-electron chi connectivity index (χ1n) is 14.0. The van der Waals surface area contributed by atoms with E-state index in [2.05, 4.69) is 40.7 Å². The highest BCUT2D eigenvalue weighted by molar-refractivity contribution is 5.81. The van der Waals surface area contributed by atoms with Crippen LogP contribution in [0.2, 0.25) is 0 Å². The maximum atomic E-state index is 13.5. The fraction of sp³-hybridized carbons (Fsp3) is 0.900. The molecule has 4 saturated carbocycles. The highest BCUT2D eigenvalue weighted by Crippen LogP contribution is 2.75. The van der Waals surface area contributed by atoms with Crippen molar-refractivity contribution in [3.63, 3.8) is 0 Å². The quantitative estimate of drug-likeness (QED) is 0.402. The Morgan fingerprint density at radius 2 is 1.63 bits per heavy atom. The van der Waals surface area contributed by atoms with E-state index >= 15 is 0 Å². The summed E-state index contributed by atoms with van der Waals surface area (Å²) in [6.45, 7) is 13.2. The van der Waals surface area contributed by atoms with Crippen molar-refractivity contribution in [3.05, 3.63) is 11.6 Å². The second-order valence-corrected chi connectivity index (χ2v) is 15.1. The number of carboxylic acids is 1. The van der Waals surface area contributed by atoms with Gasteiger partial charge in [0, 0.05) is 11.3 Å². The lowest BCUT2D eigenvalue weighted by Gasteiger charge is -2.71. The van der Waals surface area contributed by atoms with E-state index in [1.54, 1.807) is 0 Å². The van der Waals surface area contributed by atoms with Crippen molar-refractivity contribution < 1.29 is 25.2 Å². The summed E-state index contributed by atoms with van der Waals surface area (Å²) in [6.07, 6.45) is 8.40. The molecule has 0 spiro atoms. The second kappa shape index (κ2) is 7.57. The van der Waals surface area contributed by atoms with Crippen LogP contribution in [0, 0.1) is 50.2 Å². The van der Waals surface area contributed by atoms with E-state index in [9.17, 15) is 25.2 Å². The van der Waals surface area contributed by atoms with Crippen molar-refractivity contribution in [2.24, 2.45) is 50.2 Å². The molecule has 5 rings (SSSR count). The number of aliphatic carboxylic acids is 1. The third-order valence-corrected chi connectivity index (χ3v) is 12.9. The van der Waals surface area contributed by atoms with Crippen LogP contribution in [0.5, 0.6) is 0 Å². The highest BCUT2D eigenvalue weighted by atomic mass is 16.4. The first-order chi connectivity index (χ1) is 16.1. The molecule has 0 saturated heterocycles. The molecular formula is C30H48O5. The van der Waals surface area contributed by atoms with Crippen molar-refractivity contribution in [2.45, 2.75) is 112 Å². The van der Waals surface area contributed by atoms with Crippen LogP contribution in [-0.2, 0) is 4.79 Å². The first kappa shape index (κ1) is 25.7. The fourth-order valence-corrected chi connectivity index (χ4v) is 10.8. The molecule has 5 heteroatoms. The number of hydrogen-bond acceptors (Lipinski definition) is 4. The predicted octanol–water partition coefficient (Wildman–Crippen LogP) is 5.18. The molecule has 4 N–H and O–H groups in total. The minimum atomic E-state index is -0.964. The van der Waals surface area contributed by atoms with Crippen LogP contribution in [0.25, 0.3) is 0 Å². The third-order valence-electron chi connectivity index (χ3n) is 12.9. The molecule has 5 aliphatic rings. The minimum Gasteiger partial charge on any atom is -0.481 e. The van der Waals surface area contributed by atoms with Gasteiger partial charge in [0.05, 0.1) is 24.2 Å². The van der Waals surface area contributed by atoms with E-state index in [-0.39, 0.29) is 40.6 Å². The van der Waals surface area contributed by atoms with Gasteiger partial charge in [-0.2, -0.15) is 0 Å². The molecule has 198 valence electrons. The Bertz CT molecular complexity index is 941. The monoisotopic (exact) mass is 488 g/mol. The molecule has 0 aromatic carbocycles. The Balaban J connectivity index is 1.67. The van der Waals surface area contributed by atoms with Gasteiger partial charge in [-0.05, 0) is 91.3 Å². The number of aliphatic hydroxyl groups is 3. The van der Waals surface area contributed by atoms with Crippen LogP contribution >= 0.6 is 0 Å². The summed E-state index contributed by atoms with van der Waals surface area (Å²) >= 11 is 0. The largest absolute Gasteiger partial charge is 0.481 e. The number of rotatable bonds is 2. The molecule has 0 aliphatic heterocycles. The van der Waals surface area contributed by atoms with Crippen LogP contribution in [0.1, 0.15) is 99.3 Å². The lowest BCUT2D eigenvalue weighted by Crippen LogP contribution is -2.70. The molecule has 5 aliphatic carbocycles. The topological polar surface area (TPSA) is 98.0 Å². The normalized spacial score (nSPS) is 55.0. The Kier molecular flexibility index (Phi) is 5.56. The average molecular weight is 489 g/mol. The van der Waals surface area contributed by atoms with E-state index < -0.39 is 34.4 Å². The van der Waals surface area contributed by atoms with E-state index in [4.69, 9.17) is 0 Å². The zero-order valence-corrected chi connectivity index (χ0v) is 22.7. The zero-order valence-electron chi connectivity index (χ0n) is 22.7. The molecule has 5 nitrogen and oxygen atoms in total. The summed E-state index contributed by atoms with van der Waals surface area (Å²) in [6, 6.07) is 0. The number of aliphatic hydroxyl groups excluding tert-OH is 3. The van der Waals surface area contributed by atoms with E-state index in [0.29, 0.717) is 19.3 Å². The van der Waals surface area contributed by atoms with Crippen LogP contribution in [-0.4, -0.2) is 45.2 Å². The Hall–Kier alpha value is -0.910. The van der Waals surface area contributed by atoms with Gasteiger partial charge in [-0.3, -0.25) is 4.79 Å². The van der Waals surface area contributed by atoms with E-state index in [1.807, 2.05) is 6.92 Å². The van der Waals surface area contributed by atoms with Crippen molar-refractivity contribution in [2.75, 3.05) is 6.61 Å². The molecule has 35 heavy (non-hydrogen) atoms. The van der Waals surface area contributed by atoms with E-state index in [0.717, 1.165) is 37.7 Å². The highest BCUT2D eigenvalue weighted by Gasteiger charge is 2.73. The van der Waals surface area contributed by atoms with Crippen LogP contribution in [0.15, 0.2) is 11.6 Å². The molecule has 0 aromatic rings. The van der Waals surface area contributed by atoms with Gasteiger partial charge >= 0.3 is 5.97 Å². The molecule has 3 unspecified atom stereocenters. The van der Waals surface area contributed by atoms with Crippen molar-refractivity contribution in [1.82, 2.24) is 0 Å². The van der Waals surface area contributed by atoms with Gasteiger partial charge in [-0.25, -0.2) is 0 Å². The Morgan fingerprint density at radius 3 is 2.26 bits per heavy atom. The Morgan fingerprint density at radius 1 is 0.971 bits per heavy atom. The lowest BCUT2D eigenvalue weighted by atomic mass is 9.32. The molecule has 0 radical (unpaired) electrons. The van der Waals surface area contributed by atoms with Gasteiger partial charge in [0.2, 0.25) is 0 Å². The summed E-state index contributed by atoms with van der Waals surface area (Å²) in [5.41, 5.74) is -1.17. The summed E-state index contributed by atoms with van der Waals surface area (Å²) in [7, 11) is 0. The van der Waals surface area contributed by atoms with Gasteiger partial charge in [0.15, 0.2) is 0 Å². The molecule has 10 atom stereocenters. The van der Waals surface area contributed by atoms with Crippen LogP contribution in [0.3, 0.4) is 0 Å². The van der Waals surface area contributed by atoms with Gasteiger partial charge in [-0.1, -0.05) is 53.2 Å². The maximum Gasteiger partial charge on any atom is 0.314 e. The van der Waals surface area contributed by atoms with Crippen LogP contribution < -0.4 is 0 Å². The van der Waals surface area contributed by atoms with Crippen LogP contribution in [0.4, 0.5) is 0 Å². The van der Waals surface area contributed by atoms with Gasteiger partial charge in [0.25, 0.3) is 0 Å². The van der Waals surface area contributed by atoms with Gasteiger partial charge in [0.1, 0.15) is 0 Å². The number of carbonyl (C=O) groups is 1. The number of allylic oxidation sites excluding steroid dienone is 1. The summed E-state index contributed by atoms with van der Waals surface area (Å²) < 4.78 is 0. The van der Waals surface area contributed by atoms with Crippen molar-refractivity contribution in [3.8, 4) is 0 Å². The maximum absolute atomic E-state index is 13.5. The molecule has 4 fully saturated rings. The second-order valence-electron chi connectivity index (χ2n) is 15.1. The zero-order chi connectivity index (χ0) is 25.8. The van der Waals surface area contributed by atoms with Crippen molar-refractivity contribution >= 4 is 5.97 Å². The summed E-state index contributed by atoms with van der Waals surface area (Å²) in [5, 5.41) is 44.2. The molecule has 0 amide bonds. The third kappa shape index (κ3) is 3.07. The lowest BCUT2D eigenvalue weighted by molar-refractivity contribution is -0.254. The number of hydrogen-bond donors (Lipinski definition) is 4. The van der Waals surface area contributed by atoms with Crippen molar-refractivity contribution in [1.29, 1.82) is 0 Å². The Labute approximate surface area is 211 Å². The fourth-order valence-electron chi connectivity index (χ4n) is 10.8. The van der Waals surface area contributed by atoms with E-state index in [1.165, 1.54) is 6.42 Å². The summed E-state index contributed by atoms with van der Waals surface area (Å²) in [4.78, 5) is 13.5. The number of fused-ring (bicyclic) bond motifs is 7. The SMILES string of the molecule is CC1(C)CC[C@]2(C)CC[C@]3(C(=O)O)C(=CCC4[C@@]5(C)CC[C@H](O)[C@](C)(CO)C5[C@H](O)C[C@]43C)C2C1. The molecule has 0 heterocycles. The van der Waals surface area contributed by atoms with Gasteiger partial charge in [-0.15, -0.1) is 0 Å².